The Hall–Kier alpha value is -6.07. The smallest absolute Gasteiger partial charge is 0.248 e. The number of carbonyl (C=O) groups excluding carboxylic acids is 10. The van der Waals surface area contributed by atoms with Gasteiger partial charge < -0.3 is 68.5 Å². The summed E-state index contributed by atoms with van der Waals surface area (Å²) in [6, 6.07) is -8.30. The van der Waals surface area contributed by atoms with Crippen LogP contribution < -0.4 is 48.7 Å². The van der Waals surface area contributed by atoms with E-state index >= 15 is 0 Å². The van der Waals surface area contributed by atoms with Gasteiger partial charge in [-0.15, -0.1) is 0 Å². The predicted octanol–water partition coefficient (Wildman–Crippen LogP) is -1.81. The standard InChI is InChI=1S/C48H87N13O11/c1-14-28(8)38(44(69)54-32(19-17-21-52-48(49)50)46(71)61-22-18-20-33(61)41(66)51-16-3)56-42(67)34(23-26(4)5)60(13)47(72)40(30(10)62)58-45(70)39(29(9)15-2)57-43(68)37(27(6)7)55-35(64)24-53-36(65)25-59(12)31(11)63/h26-30,32-34,37-40,62H,14-25H2,1-13H3,(H,51,66)(H,53,65)(H,54,69)(H,55,64)(H,56,67)(H,57,68)(H,58,70)(H4,49,50,52)/t28-,29-,30+,32-,33-,34-,37-,38-,39+,40-/m0/s1. The molecule has 10 amide bonds. The van der Waals surface area contributed by atoms with Crippen LogP contribution in [0.15, 0.2) is 4.99 Å². The SMILES string of the molecule is CCNC(=O)[C@@H]1CCCN1C(=O)[C@H](CCCN=C(N)N)NC(=O)[C@@H](NC(=O)[C@H](CC(C)C)N(C)C(=O)[C@@H](NC(=O)[C@H](NC(=O)[C@@H](NC(=O)CNC(=O)CN(C)C(C)=O)C(C)C)[C@@H](C)CC)[C@@H](C)O)[C@@H](C)CC. The number of nitrogens with one attached hydrogen (secondary N) is 7. The monoisotopic (exact) mass is 1020 g/mol. The number of nitrogens with zero attached hydrogens (tertiary/aromatic N) is 4. The van der Waals surface area contributed by atoms with Crippen LogP contribution in [0.1, 0.15) is 121 Å². The van der Waals surface area contributed by atoms with Crippen LogP contribution in [0.5, 0.6) is 0 Å². The van der Waals surface area contributed by atoms with Gasteiger partial charge in [-0.25, -0.2) is 0 Å². The van der Waals surface area contributed by atoms with E-state index in [1.165, 1.54) is 32.8 Å². The summed E-state index contributed by atoms with van der Waals surface area (Å²) in [4.78, 5) is 142. The number of guanidine groups is 1. The first-order chi connectivity index (χ1) is 33.6. The summed E-state index contributed by atoms with van der Waals surface area (Å²) in [5.41, 5.74) is 11.0. The highest BCUT2D eigenvalue weighted by molar-refractivity contribution is 5.98. The van der Waals surface area contributed by atoms with Gasteiger partial charge in [0.2, 0.25) is 59.1 Å². The van der Waals surface area contributed by atoms with Crippen molar-refractivity contribution in [2.75, 3.05) is 46.8 Å². The first-order valence-electron chi connectivity index (χ1n) is 25.2. The molecule has 0 aliphatic carbocycles. The fourth-order valence-corrected chi connectivity index (χ4v) is 7.93. The maximum atomic E-state index is 14.4. The average Bonchev–Trinajstić information content (AvgIpc) is 3.81. The van der Waals surface area contributed by atoms with Gasteiger partial charge in [0.25, 0.3) is 0 Å². The summed E-state index contributed by atoms with van der Waals surface area (Å²) in [5.74, 6) is -8.01. The molecule has 0 radical (unpaired) electrons. The zero-order valence-corrected chi connectivity index (χ0v) is 44.9. The van der Waals surface area contributed by atoms with Crippen molar-refractivity contribution >= 4 is 65.0 Å². The minimum Gasteiger partial charge on any atom is -0.391 e. The molecule has 0 aromatic rings. The maximum absolute atomic E-state index is 14.4. The van der Waals surface area contributed by atoms with Crippen molar-refractivity contribution in [1.82, 2.24) is 51.9 Å². The van der Waals surface area contributed by atoms with Gasteiger partial charge in [-0.05, 0) is 69.6 Å². The van der Waals surface area contributed by atoms with Crippen molar-refractivity contribution in [3.05, 3.63) is 0 Å². The van der Waals surface area contributed by atoms with Crippen LogP contribution in [-0.4, -0.2) is 180 Å². The number of aliphatic hydroxyl groups excluding tert-OH is 1. The summed E-state index contributed by atoms with van der Waals surface area (Å²) in [6.07, 6.45) is 0.839. The van der Waals surface area contributed by atoms with Crippen LogP contribution in [0.4, 0.5) is 0 Å². The van der Waals surface area contributed by atoms with Crippen LogP contribution in [0.25, 0.3) is 0 Å². The van der Waals surface area contributed by atoms with Gasteiger partial charge in [-0.1, -0.05) is 68.2 Å². The van der Waals surface area contributed by atoms with E-state index in [1.54, 1.807) is 41.5 Å². The van der Waals surface area contributed by atoms with E-state index < -0.39 is 120 Å². The molecule has 1 aliphatic heterocycles. The van der Waals surface area contributed by atoms with Gasteiger partial charge >= 0.3 is 0 Å². The second-order valence-electron chi connectivity index (χ2n) is 19.6. The minimum absolute atomic E-state index is 0.0957. The third-order valence-electron chi connectivity index (χ3n) is 12.8. The summed E-state index contributed by atoms with van der Waals surface area (Å²) in [6.45, 7) is 18.4. The molecule has 12 N–H and O–H groups in total. The van der Waals surface area contributed by atoms with Crippen molar-refractivity contribution < 1.29 is 53.1 Å². The van der Waals surface area contributed by atoms with Gasteiger partial charge in [0.05, 0.1) is 19.2 Å². The molecular weight excluding hydrogens is 935 g/mol. The molecule has 0 unspecified atom stereocenters. The molecule has 10 atom stereocenters. The number of rotatable bonds is 30. The van der Waals surface area contributed by atoms with Crippen LogP contribution in [0, 0.1) is 23.7 Å². The lowest BCUT2D eigenvalue weighted by Gasteiger charge is -2.35. The fourth-order valence-electron chi connectivity index (χ4n) is 7.93. The normalized spacial score (nSPS) is 17.1. The number of aliphatic imine (C=N–C) groups is 1. The molecule has 0 spiro atoms. The van der Waals surface area contributed by atoms with E-state index in [2.05, 4.69) is 42.2 Å². The molecule has 0 aromatic heterocycles. The molecule has 1 heterocycles. The van der Waals surface area contributed by atoms with E-state index in [-0.39, 0.29) is 49.6 Å². The molecule has 0 saturated carbocycles. The number of nitrogens with two attached hydrogens (primary N) is 2. The second-order valence-corrected chi connectivity index (χ2v) is 19.6. The quantitative estimate of drug-likeness (QED) is 0.0216. The Labute approximate surface area is 425 Å². The highest BCUT2D eigenvalue weighted by Gasteiger charge is 2.41. The summed E-state index contributed by atoms with van der Waals surface area (Å²) < 4.78 is 0. The molecule has 410 valence electrons. The van der Waals surface area contributed by atoms with Crippen LogP contribution in [0.2, 0.25) is 0 Å². The molecule has 1 aliphatic rings. The van der Waals surface area contributed by atoms with Crippen molar-refractivity contribution in [3.8, 4) is 0 Å². The minimum atomic E-state index is -1.62. The molecule has 24 nitrogen and oxygen atoms in total. The molecule has 1 rings (SSSR count). The Bertz CT molecular complexity index is 1890. The topological polar surface area (TPSA) is 349 Å². The fraction of sp³-hybridized carbons (Fsp3) is 0.771. The van der Waals surface area contributed by atoms with E-state index in [1.807, 2.05) is 20.8 Å². The van der Waals surface area contributed by atoms with Crippen molar-refractivity contribution in [3.63, 3.8) is 0 Å². The van der Waals surface area contributed by atoms with Crippen LogP contribution >= 0.6 is 0 Å². The zero-order valence-electron chi connectivity index (χ0n) is 44.9. The largest absolute Gasteiger partial charge is 0.391 e. The van der Waals surface area contributed by atoms with Gasteiger partial charge in [0, 0.05) is 40.7 Å². The number of aliphatic hydroxyl groups is 1. The maximum Gasteiger partial charge on any atom is 0.248 e. The lowest BCUT2D eigenvalue weighted by Crippen LogP contribution is -2.63. The molecule has 24 heteroatoms. The zero-order chi connectivity index (χ0) is 55.2. The number of hydrogen-bond acceptors (Lipinski definition) is 12. The summed E-state index contributed by atoms with van der Waals surface area (Å²) in [7, 11) is 2.77. The lowest BCUT2D eigenvalue weighted by atomic mass is 9.95. The Morgan fingerprint density at radius 3 is 1.76 bits per heavy atom. The van der Waals surface area contributed by atoms with Crippen molar-refractivity contribution in [1.29, 1.82) is 0 Å². The van der Waals surface area contributed by atoms with E-state index in [0.29, 0.717) is 45.2 Å². The third kappa shape index (κ3) is 20.6. The van der Waals surface area contributed by atoms with Crippen molar-refractivity contribution in [2.24, 2.45) is 40.1 Å². The highest BCUT2D eigenvalue weighted by Crippen LogP contribution is 2.21. The molecule has 1 fully saturated rings. The molecule has 72 heavy (non-hydrogen) atoms. The number of likely N-dealkylation sites (tertiary alicyclic amines) is 1. The van der Waals surface area contributed by atoms with E-state index in [9.17, 15) is 53.1 Å². The number of amides is 10. The van der Waals surface area contributed by atoms with Gasteiger partial charge in [-0.2, -0.15) is 0 Å². The van der Waals surface area contributed by atoms with Gasteiger partial charge in [-0.3, -0.25) is 52.9 Å². The first-order valence-corrected chi connectivity index (χ1v) is 25.2. The van der Waals surface area contributed by atoms with Crippen LogP contribution in [0.3, 0.4) is 0 Å². The Morgan fingerprint density at radius 1 is 0.722 bits per heavy atom. The predicted molar refractivity (Wildman–Crippen MR) is 271 cm³/mol. The highest BCUT2D eigenvalue weighted by atomic mass is 16.3. The van der Waals surface area contributed by atoms with E-state index in [0.717, 1.165) is 9.80 Å². The second kappa shape index (κ2) is 31.4. The molecular formula is C48H87N13O11. The molecule has 0 bridgehead atoms. The third-order valence-corrected chi connectivity index (χ3v) is 12.8. The Kier molecular flexibility index (Phi) is 27.9. The van der Waals surface area contributed by atoms with Crippen LogP contribution in [-0.2, 0) is 47.9 Å². The Balaban J connectivity index is 3.43. The van der Waals surface area contributed by atoms with Gasteiger partial charge in [0.1, 0.15) is 42.3 Å². The summed E-state index contributed by atoms with van der Waals surface area (Å²) >= 11 is 0. The average molecular weight is 1020 g/mol. The van der Waals surface area contributed by atoms with Gasteiger partial charge in [0.15, 0.2) is 5.96 Å². The number of hydrogen-bond donors (Lipinski definition) is 10. The molecule has 0 aromatic carbocycles. The molecule has 1 saturated heterocycles. The number of likely N-dealkylation sites (N-methyl/N-ethyl adjacent to an activating group) is 3. The van der Waals surface area contributed by atoms with Crippen molar-refractivity contribution in [2.45, 2.75) is 170 Å². The summed E-state index contributed by atoms with van der Waals surface area (Å²) in [5, 5.41) is 29.7. The lowest BCUT2D eigenvalue weighted by molar-refractivity contribution is -0.146. The Morgan fingerprint density at radius 2 is 1.26 bits per heavy atom. The van der Waals surface area contributed by atoms with E-state index in [4.69, 9.17) is 11.5 Å². The first kappa shape index (κ1) is 63.9. The number of carbonyl (C=O) groups is 10.